The van der Waals surface area contributed by atoms with Gasteiger partial charge in [0.05, 0.1) is 6.61 Å². The Morgan fingerprint density at radius 1 is 0.750 bits per heavy atom. The van der Waals surface area contributed by atoms with Gasteiger partial charge in [0, 0.05) is 24.2 Å². The standard InChI is InChI=1S/C13H30N2O/c1-12(2,3)14-8-7-10-16-11-9-15-13(4,5)6/h14-15H,7-11H2,1-6H3. The van der Waals surface area contributed by atoms with Gasteiger partial charge in [-0.25, -0.2) is 0 Å². The van der Waals surface area contributed by atoms with Gasteiger partial charge in [-0.15, -0.1) is 0 Å². The third kappa shape index (κ3) is 13.9. The first-order chi connectivity index (χ1) is 7.21. The van der Waals surface area contributed by atoms with Crippen molar-refractivity contribution in [1.29, 1.82) is 0 Å². The molecule has 0 aromatic rings. The molecule has 0 saturated carbocycles. The molecule has 0 unspecified atom stereocenters. The number of rotatable bonds is 7. The molecule has 0 rings (SSSR count). The Kier molecular flexibility index (Phi) is 7.20. The third-order valence-corrected chi connectivity index (χ3v) is 2.02. The lowest BCUT2D eigenvalue weighted by Crippen LogP contribution is -2.38. The summed E-state index contributed by atoms with van der Waals surface area (Å²) < 4.78 is 5.54. The fraction of sp³-hybridized carbons (Fsp3) is 1.00. The highest BCUT2D eigenvalue weighted by atomic mass is 16.5. The van der Waals surface area contributed by atoms with Crippen molar-refractivity contribution in [2.45, 2.75) is 59.0 Å². The Labute approximate surface area is 101 Å². The van der Waals surface area contributed by atoms with Crippen LogP contribution in [0, 0.1) is 0 Å². The molecule has 0 heterocycles. The maximum Gasteiger partial charge on any atom is 0.0591 e. The van der Waals surface area contributed by atoms with Crippen LogP contribution in [0.4, 0.5) is 0 Å². The van der Waals surface area contributed by atoms with Crippen molar-refractivity contribution in [3.8, 4) is 0 Å². The summed E-state index contributed by atoms with van der Waals surface area (Å²) in [5.74, 6) is 0. The monoisotopic (exact) mass is 230 g/mol. The quantitative estimate of drug-likeness (QED) is 0.658. The minimum atomic E-state index is 0.192. The smallest absolute Gasteiger partial charge is 0.0591 e. The summed E-state index contributed by atoms with van der Waals surface area (Å²) in [6.45, 7) is 16.6. The summed E-state index contributed by atoms with van der Waals surface area (Å²) >= 11 is 0. The van der Waals surface area contributed by atoms with Crippen LogP contribution in [0.25, 0.3) is 0 Å². The van der Waals surface area contributed by atoms with Crippen LogP contribution in [0.1, 0.15) is 48.0 Å². The number of ether oxygens (including phenoxy) is 1. The van der Waals surface area contributed by atoms with E-state index in [2.05, 4.69) is 52.2 Å². The van der Waals surface area contributed by atoms with Gasteiger partial charge >= 0.3 is 0 Å². The summed E-state index contributed by atoms with van der Waals surface area (Å²) in [7, 11) is 0. The molecule has 16 heavy (non-hydrogen) atoms. The lowest BCUT2D eigenvalue weighted by Gasteiger charge is -2.21. The predicted octanol–water partition coefficient (Wildman–Crippen LogP) is 2.17. The molecule has 0 saturated heterocycles. The average Bonchev–Trinajstić information content (AvgIpc) is 2.06. The van der Waals surface area contributed by atoms with E-state index in [9.17, 15) is 0 Å². The highest BCUT2D eigenvalue weighted by molar-refractivity contribution is 4.70. The van der Waals surface area contributed by atoms with Gasteiger partial charge in [-0.05, 0) is 54.5 Å². The van der Waals surface area contributed by atoms with Crippen LogP contribution in [-0.4, -0.2) is 37.4 Å². The van der Waals surface area contributed by atoms with Crippen LogP contribution in [0.3, 0.4) is 0 Å². The van der Waals surface area contributed by atoms with Crippen molar-refractivity contribution in [3.63, 3.8) is 0 Å². The Morgan fingerprint density at radius 2 is 1.25 bits per heavy atom. The number of hydrogen-bond acceptors (Lipinski definition) is 3. The van der Waals surface area contributed by atoms with Crippen LogP contribution in [0.5, 0.6) is 0 Å². The second-order valence-corrected chi connectivity index (χ2v) is 6.32. The van der Waals surface area contributed by atoms with Crippen LogP contribution in [-0.2, 0) is 4.74 Å². The van der Waals surface area contributed by atoms with Crippen molar-refractivity contribution in [2.75, 3.05) is 26.3 Å². The van der Waals surface area contributed by atoms with Gasteiger partial charge in [-0.2, -0.15) is 0 Å². The minimum absolute atomic E-state index is 0.192. The van der Waals surface area contributed by atoms with Gasteiger partial charge in [-0.1, -0.05) is 0 Å². The van der Waals surface area contributed by atoms with E-state index in [1.165, 1.54) is 0 Å². The molecule has 0 aliphatic carbocycles. The molecular weight excluding hydrogens is 200 g/mol. The van der Waals surface area contributed by atoms with Gasteiger partial charge < -0.3 is 15.4 Å². The molecule has 0 aliphatic heterocycles. The highest BCUT2D eigenvalue weighted by Crippen LogP contribution is 1.98. The minimum Gasteiger partial charge on any atom is -0.380 e. The van der Waals surface area contributed by atoms with Gasteiger partial charge in [0.15, 0.2) is 0 Å². The molecule has 0 aromatic heterocycles. The van der Waals surface area contributed by atoms with Crippen molar-refractivity contribution >= 4 is 0 Å². The Bertz CT molecular complexity index is 148. The number of hydrogen-bond donors (Lipinski definition) is 2. The maximum absolute atomic E-state index is 5.54. The molecule has 0 atom stereocenters. The largest absolute Gasteiger partial charge is 0.380 e. The van der Waals surface area contributed by atoms with Crippen molar-refractivity contribution < 1.29 is 4.74 Å². The van der Waals surface area contributed by atoms with Gasteiger partial charge in [0.2, 0.25) is 0 Å². The van der Waals surface area contributed by atoms with Crippen molar-refractivity contribution in [1.82, 2.24) is 10.6 Å². The van der Waals surface area contributed by atoms with Crippen molar-refractivity contribution in [3.05, 3.63) is 0 Å². The molecule has 0 amide bonds. The lowest BCUT2D eigenvalue weighted by molar-refractivity contribution is 0.127. The molecule has 0 fully saturated rings. The summed E-state index contributed by atoms with van der Waals surface area (Å²) in [6.07, 6.45) is 1.08. The molecule has 0 aromatic carbocycles. The van der Waals surface area contributed by atoms with E-state index in [0.29, 0.717) is 0 Å². The summed E-state index contributed by atoms with van der Waals surface area (Å²) in [4.78, 5) is 0. The Morgan fingerprint density at radius 3 is 1.75 bits per heavy atom. The highest BCUT2D eigenvalue weighted by Gasteiger charge is 2.08. The first-order valence-corrected chi connectivity index (χ1v) is 6.28. The summed E-state index contributed by atoms with van der Waals surface area (Å²) in [5, 5.41) is 6.84. The topological polar surface area (TPSA) is 33.3 Å². The second-order valence-electron chi connectivity index (χ2n) is 6.32. The normalized spacial score (nSPS) is 13.1. The van der Waals surface area contributed by atoms with E-state index in [1.54, 1.807) is 0 Å². The zero-order valence-electron chi connectivity index (χ0n) is 11.9. The molecular formula is C13H30N2O. The molecule has 3 nitrogen and oxygen atoms in total. The first kappa shape index (κ1) is 15.9. The maximum atomic E-state index is 5.54. The zero-order valence-corrected chi connectivity index (χ0v) is 11.9. The Hall–Kier alpha value is -0.120. The Balaban J connectivity index is 3.17. The fourth-order valence-electron chi connectivity index (χ4n) is 1.24. The summed E-state index contributed by atoms with van der Waals surface area (Å²) in [6, 6.07) is 0. The molecule has 98 valence electrons. The van der Waals surface area contributed by atoms with E-state index < -0.39 is 0 Å². The molecule has 0 spiro atoms. The van der Waals surface area contributed by atoms with Crippen LogP contribution < -0.4 is 10.6 Å². The first-order valence-electron chi connectivity index (χ1n) is 6.28. The van der Waals surface area contributed by atoms with E-state index in [4.69, 9.17) is 4.74 Å². The molecule has 3 heteroatoms. The summed E-state index contributed by atoms with van der Waals surface area (Å²) in [5.41, 5.74) is 0.408. The predicted molar refractivity (Wildman–Crippen MR) is 70.9 cm³/mol. The van der Waals surface area contributed by atoms with E-state index >= 15 is 0 Å². The third-order valence-electron chi connectivity index (χ3n) is 2.02. The van der Waals surface area contributed by atoms with Crippen molar-refractivity contribution in [2.24, 2.45) is 0 Å². The zero-order chi connectivity index (χ0) is 12.7. The molecule has 0 aliphatic rings. The molecule has 0 bridgehead atoms. The lowest BCUT2D eigenvalue weighted by atomic mass is 10.1. The van der Waals surface area contributed by atoms with E-state index in [-0.39, 0.29) is 11.1 Å². The fourth-order valence-corrected chi connectivity index (χ4v) is 1.24. The van der Waals surface area contributed by atoms with Gasteiger partial charge in [-0.3, -0.25) is 0 Å². The van der Waals surface area contributed by atoms with Gasteiger partial charge in [0.1, 0.15) is 0 Å². The van der Waals surface area contributed by atoms with Gasteiger partial charge in [0.25, 0.3) is 0 Å². The average molecular weight is 230 g/mol. The second kappa shape index (κ2) is 7.25. The molecule has 0 radical (unpaired) electrons. The number of nitrogens with one attached hydrogen (secondary N) is 2. The van der Waals surface area contributed by atoms with Crippen LogP contribution >= 0.6 is 0 Å². The van der Waals surface area contributed by atoms with E-state index in [0.717, 1.165) is 32.7 Å². The van der Waals surface area contributed by atoms with E-state index in [1.807, 2.05) is 0 Å². The van der Waals surface area contributed by atoms with Crippen LogP contribution in [0.15, 0.2) is 0 Å². The van der Waals surface area contributed by atoms with Crippen LogP contribution in [0.2, 0.25) is 0 Å². The molecule has 2 N–H and O–H groups in total. The SMILES string of the molecule is CC(C)(C)NCCCOCCNC(C)(C)C.